The minimum atomic E-state index is -1.01. The second kappa shape index (κ2) is 10.5. The van der Waals surface area contributed by atoms with Gasteiger partial charge < -0.3 is 19.4 Å². The van der Waals surface area contributed by atoms with Crippen LogP contribution in [-0.4, -0.2) is 32.6 Å². The first kappa shape index (κ1) is 23.6. The zero-order valence-corrected chi connectivity index (χ0v) is 19.3. The molecule has 32 heavy (non-hydrogen) atoms. The summed E-state index contributed by atoms with van der Waals surface area (Å²) < 4.78 is 7.48. The normalized spacial score (nSPS) is 13.4. The monoisotopic (exact) mass is 439 g/mol. The van der Waals surface area contributed by atoms with E-state index in [-0.39, 0.29) is 5.92 Å². The van der Waals surface area contributed by atoms with Crippen molar-refractivity contribution in [2.45, 2.75) is 71.9 Å². The van der Waals surface area contributed by atoms with Crippen LogP contribution in [0.4, 0.5) is 0 Å². The maximum atomic E-state index is 12.8. The number of carboxylic acids is 1. The molecule has 7 nitrogen and oxygen atoms in total. The van der Waals surface area contributed by atoms with Crippen LogP contribution in [0, 0.1) is 5.92 Å². The zero-order valence-electron chi connectivity index (χ0n) is 19.3. The van der Waals surface area contributed by atoms with Crippen LogP contribution in [0.15, 0.2) is 41.2 Å². The quantitative estimate of drug-likeness (QED) is 0.428. The van der Waals surface area contributed by atoms with Gasteiger partial charge in [0.25, 0.3) is 5.91 Å². The number of hydrogen-bond donors (Lipinski definition) is 2. The number of benzene rings is 1. The van der Waals surface area contributed by atoms with E-state index in [1.165, 1.54) is 0 Å². The number of nitrogens with one attached hydrogen (secondary N) is 1. The molecular weight excluding hydrogens is 406 g/mol. The maximum Gasteiger partial charge on any atom is 0.326 e. The third-order valence-corrected chi connectivity index (χ3v) is 6.21. The van der Waals surface area contributed by atoms with Crippen molar-refractivity contribution < 1.29 is 19.1 Å². The fraction of sp³-hybridized carbons (Fsp3) is 0.480. The lowest BCUT2D eigenvalue weighted by Crippen LogP contribution is -2.41. The van der Waals surface area contributed by atoms with Crippen molar-refractivity contribution in [1.29, 1.82) is 0 Å². The van der Waals surface area contributed by atoms with E-state index >= 15 is 0 Å². The fourth-order valence-electron chi connectivity index (χ4n) is 4.08. The van der Waals surface area contributed by atoms with Crippen LogP contribution in [0.25, 0.3) is 11.0 Å². The number of carbonyl (C=O) groups is 2. The van der Waals surface area contributed by atoms with Gasteiger partial charge in [0.05, 0.1) is 23.6 Å². The van der Waals surface area contributed by atoms with Crippen LogP contribution in [0.5, 0.6) is 0 Å². The predicted octanol–water partition coefficient (Wildman–Crippen LogP) is 5.20. The van der Waals surface area contributed by atoms with E-state index in [0.29, 0.717) is 24.4 Å². The largest absolute Gasteiger partial charge is 0.480 e. The SMILES string of the molecule is CCC(C)C[C@H](NC(=O)c1ccc2c(c1)nc(Cc1ccoc1)n2C(CC)CC)C(=O)O. The Bertz CT molecular complexity index is 1050. The van der Waals surface area contributed by atoms with Gasteiger partial charge >= 0.3 is 5.97 Å². The Kier molecular flexibility index (Phi) is 7.72. The van der Waals surface area contributed by atoms with Crippen LogP contribution in [0.2, 0.25) is 0 Å². The van der Waals surface area contributed by atoms with Crippen molar-refractivity contribution in [2.75, 3.05) is 0 Å². The first-order valence-corrected chi connectivity index (χ1v) is 11.4. The van der Waals surface area contributed by atoms with Crippen LogP contribution in [-0.2, 0) is 11.2 Å². The highest BCUT2D eigenvalue weighted by atomic mass is 16.4. The lowest BCUT2D eigenvalue weighted by Gasteiger charge is -2.19. The third kappa shape index (κ3) is 5.21. The number of carbonyl (C=O) groups excluding carboxylic acids is 1. The minimum Gasteiger partial charge on any atom is -0.480 e. The molecule has 0 saturated heterocycles. The van der Waals surface area contributed by atoms with E-state index in [9.17, 15) is 14.7 Å². The van der Waals surface area contributed by atoms with Gasteiger partial charge in [-0.15, -0.1) is 0 Å². The molecule has 0 aliphatic heterocycles. The second-order valence-corrected chi connectivity index (χ2v) is 8.49. The Morgan fingerprint density at radius 1 is 1.16 bits per heavy atom. The van der Waals surface area contributed by atoms with Gasteiger partial charge in [0.2, 0.25) is 0 Å². The molecule has 172 valence electrons. The Hall–Kier alpha value is -3.09. The molecule has 3 aromatic rings. The van der Waals surface area contributed by atoms with E-state index in [1.54, 1.807) is 24.7 Å². The molecule has 0 fully saturated rings. The summed E-state index contributed by atoms with van der Waals surface area (Å²) in [6.45, 7) is 8.32. The maximum absolute atomic E-state index is 12.8. The zero-order chi connectivity index (χ0) is 23.3. The minimum absolute atomic E-state index is 0.208. The highest BCUT2D eigenvalue weighted by Gasteiger charge is 2.24. The van der Waals surface area contributed by atoms with Crippen molar-refractivity contribution in [3.8, 4) is 0 Å². The molecule has 0 aliphatic carbocycles. The van der Waals surface area contributed by atoms with Crippen molar-refractivity contribution in [2.24, 2.45) is 5.92 Å². The third-order valence-electron chi connectivity index (χ3n) is 6.21. The van der Waals surface area contributed by atoms with Gasteiger partial charge in [-0.05, 0) is 55.0 Å². The average molecular weight is 440 g/mol. The van der Waals surface area contributed by atoms with Gasteiger partial charge in [-0.25, -0.2) is 9.78 Å². The van der Waals surface area contributed by atoms with Crippen LogP contribution in [0.3, 0.4) is 0 Å². The Labute approximate surface area is 188 Å². The summed E-state index contributed by atoms with van der Waals surface area (Å²) in [5.41, 5.74) is 3.16. The van der Waals surface area contributed by atoms with Crippen molar-refractivity contribution in [3.05, 3.63) is 53.7 Å². The average Bonchev–Trinajstić information content (AvgIpc) is 3.41. The molecule has 2 aromatic heterocycles. The molecule has 0 spiro atoms. The molecule has 2 N–H and O–H groups in total. The van der Waals surface area contributed by atoms with E-state index < -0.39 is 17.9 Å². The smallest absolute Gasteiger partial charge is 0.326 e. The lowest BCUT2D eigenvalue weighted by molar-refractivity contribution is -0.139. The van der Waals surface area contributed by atoms with Gasteiger partial charge in [-0.3, -0.25) is 4.79 Å². The summed E-state index contributed by atoms with van der Waals surface area (Å²) in [6.07, 6.45) is 7.21. The van der Waals surface area contributed by atoms with Crippen molar-refractivity contribution in [3.63, 3.8) is 0 Å². The molecule has 0 saturated carbocycles. The number of amides is 1. The summed E-state index contributed by atoms with van der Waals surface area (Å²) >= 11 is 0. The number of imidazole rings is 1. The van der Waals surface area contributed by atoms with Crippen LogP contribution >= 0.6 is 0 Å². The van der Waals surface area contributed by atoms with E-state index in [1.807, 2.05) is 26.0 Å². The Morgan fingerprint density at radius 3 is 2.50 bits per heavy atom. The summed E-state index contributed by atoms with van der Waals surface area (Å²) in [5, 5.41) is 12.2. The molecule has 1 amide bonds. The first-order valence-electron chi connectivity index (χ1n) is 11.4. The molecule has 0 aliphatic rings. The van der Waals surface area contributed by atoms with Gasteiger partial charge in [0, 0.05) is 18.0 Å². The number of furan rings is 1. The number of rotatable bonds is 11. The molecule has 1 unspecified atom stereocenters. The number of fused-ring (bicyclic) bond motifs is 1. The number of hydrogen-bond acceptors (Lipinski definition) is 4. The molecule has 1 aromatic carbocycles. The highest BCUT2D eigenvalue weighted by molar-refractivity contribution is 5.99. The number of aliphatic carboxylic acids is 1. The molecule has 3 rings (SSSR count). The molecule has 0 radical (unpaired) electrons. The molecule has 2 atom stereocenters. The van der Waals surface area contributed by atoms with Gasteiger partial charge in [-0.1, -0.05) is 34.1 Å². The van der Waals surface area contributed by atoms with Crippen molar-refractivity contribution in [1.82, 2.24) is 14.9 Å². The van der Waals surface area contributed by atoms with Gasteiger partial charge in [0.15, 0.2) is 0 Å². The van der Waals surface area contributed by atoms with Gasteiger partial charge in [0.1, 0.15) is 11.9 Å². The topological polar surface area (TPSA) is 97.4 Å². The van der Waals surface area contributed by atoms with E-state index in [4.69, 9.17) is 9.40 Å². The molecule has 0 bridgehead atoms. The number of aromatic nitrogens is 2. The van der Waals surface area contributed by atoms with Crippen LogP contribution < -0.4 is 5.32 Å². The summed E-state index contributed by atoms with van der Waals surface area (Å²) in [6, 6.07) is 6.74. The predicted molar refractivity (Wildman–Crippen MR) is 124 cm³/mol. The molecule has 7 heteroatoms. The van der Waals surface area contributed by atoms with E-state index in [2.05, 4.69) is 23.7 Å². The second-order valence-electron chi connectivity index (χ2n) is 8.49. The Balaban J connectivity index is 1.93. The lowest BCUT2D eigenvalue weighted by atomic mass is 9.99. The van der Waals surface area contributed by atoms with Crippen molar-refractivity contribution >= 4 is 22.9 Å². The summed E-state index contributed by atoms with van der Waals surface area (Å²) in [5.74, 6) is -0.274. The van der Waals surface area contributed by atoms with E-state index in [0.717, 1.165) is 41.7 Å². The molecular formula is C25H33N3O4. The molecule has 2 heterocycles. The Morgan fingerprint density at radius 2 is 1.91 bits per heavy atom. The first-order chi connectivity index (χ1) is 15.4. The van der Waals surface area contributed by atoms with Crippen LogP contribution in [0.1, 0.15) is 81.2 Å². The summed E-state index contributed by atoms with van der Waals surface area (Å²) in [7, 11) is 0. The standard InChI is InChI=1S/C25H33N3O4/c1-5-16(4)12-21(25(30)31)27-24(29)18-8-9-22-20(14-18)26-23(13-17-10-11-32-15-17)28(22)19(6-2)7-3/h8-11,14-16,19,21H,5-7,12-13H2,1-4H3,(H,27,29)(H,30,31)/t16?,21-/m0/s1. The highest BCUT2D eigenvalue weighted by Crippen LogP contribution is 2.28. The summed E-state index contributed by atoms with van der Waals surface area (Å²) in [4.78, 5) is 29.3. The number of carboxylic acid groups (broad SMARTS) is 1. The van der Waals surface area contributed by atoms with Gasteiger partial charge in [-0.2, -0.15) is 0 Å². The number of nitrogens with zero attached hydrogens (tertiary/aromatic N) is 2. The fourth-order valence-corrected chi connectivity index (χ4v) is 4.08.